The Morgan fingerprint density at radius 1 is 0.867 bits per heavy atom. The molecule has 6 heteroatoms. The van der Waals surface area contributed by atoms with Gasteiger partial charge in [-0.15, -0.1) is 0 Å². The molecule has 30 heavy (non-hydrogen) atoms. The van der Waals surface area contributed by atoms with Crippen LogP contribution in [0.1, 0.15) is 20.8 Å². The van der Waals surface area contributed by atoms with Gasteiger partial charge in [0.2, 0.25) is 5.91 Å². The Kier molecular flexibility index (Phi) is 13.2. The van der Waals surface area contributed by atoms with Crippen molar-refractivity contribution in [1.29, 1.82) is 0 Å². The number of aliphatic hydroxyl groups excluding tert-OH is 1. The molecule has 0 spiro atoms. The molecule has 0 aliphatic heterocycles. The van der Waals surface area contributed by atoms with Crippen molar-refractivity contribution in [3.63, 3.8) is 0 Å². The van der Waals surface area contributed by atoms with Crippen LogP contribution in [0.2, 0.25) is 0 Å². The minimum atomic E-state index is -1.18. The molecule has 0 aromatic heterocycles. The molecule has 0 saturated carbocycles. The minimum Gasteiger partial charge on any atom is -0.394 e. The summed E-state index contributed by atoms with van der Waals surface area (Å²) in [6.07, 6.45) is 0. The highest BCUT2D eigenvalue weighted by molar-refractivity contribution is 5.98. The monoisotopic (exact) mass is 398 g/mol. The van der Waals surface area contributed by atoms with Crippen LogP contribution in [0.3, 0.4) is 0 Å². The van der Waals surface area contributed by atoms with Crippen LogP contribution in [-0.4, -0.2) is 53.3 Å². The molecule has 0 aromatic rings. The van der Waals surface area contributed by atoms with E-state index in [9.17, 15) is 19.5 Å². The van der Waals surface area contributed by atoms with Gasteiger partial charge in [0.25, 0.3) is 5.91 Å². The second-order valence-corrected chi connectivity index (χ2v) is 5.33. The molecule has 0 radical (unpaired) electrons. The van der Waals surface area contributed by atoms with E-state index >= 15 is 0 Å². The Labute approximate surface area is 177 Å². The molecule has 6 nitrogen and oxygen atoms in total. The third-order valence-electron chi connectivity index (χ3n) is 3.21. The molecule has 0 aliphatic carbocycles. The van der Waals surface area contributed by atoms with E-state index in [1.807, 2.05) is 0 Å². The van der Waals surface area contributed by atoms with Gasteiger partial charge in [0.1, 0.15) is 6.04 Å². The number of Topliss-reactive ketones (excluding diaryl/α,β-unsaturated/α-hetero) is 1. The molecule has 0 unspecified atom stereocenters. The summed E-state index contributed by atoms with van der Waals surface area (Å²) in [4.78, 5) is 36.3. The van der Waals surface area contributed by atoms with Gasteiger partial charge < -0.3 is 15.3 Å². The van der Waals surface area contributed by atoms with Crippen LogP contribution in [-0.2, 0) is 14.4 Å². The van der Waals surface area contributed by atoms with E-state index in [2.05, 4.69) is 88.2 Å². The van der Waals surface area contributed by atoms with Gasteiger partial charge in [0.15, 0.2) is 5.78 Å². The summed E-state index contributed by atoms with van der Waals surface area (Å²) in [5, 5.41) is 11.8. The zero-order valence-electron chi connectivity index (χ0n) is 17.0. The minimum absolute atomic E-state index is 0.252. The fourth-order valence-corrected chi connectivity index (χ4v) is 1.48. The molecule has 0 rings (SSSR count). The van der Waals surface area contributed by atoms with Gasteiger partial charge in [-0.3, -0.25) is 14.4 Å². The lowest BCUT2D eigenvalue weighted by atomic mass is 10.2. The van der Waals surface area contributed by atoms with Crippen LogP contribution in [0.15, 0.2) is 0 Å². The van der Waals surface area contributed by atoms with Crippen molar-refractivity contribution in [2.45, 2.75) is 32.9 Å². The van der Waals surface area contributed by atoms with Gasteiger partial charge in [-0.25, -0.2) is 0 Å². The molecule has 2 atom stereocenters. The lowest BCUT2D eigenvalue weighted by molar-refractivity contribution is -0.137. The lowest BCUT2D eigenvalue weighted by Crippen LogP contribution is -2.52. The molecular weight excluding hydrogens is 380 g/mol. The van der Waals surface area contributed by atoms with E-state index < -0.39 is 30.5 Å². The van der Waals surface area contributed by atoms with Crippen molar-refractivity contribution in [2.24, 2.45) is 0 Å². The van der Waals surface area contributed by atoms with E-state index in [4.69, 9.17) is 0 Å². The maximum absolute atomic E-state index is 12.1. The summed E-state index contributed by atoms with van der Waals surface area (Å²) in [6.45, 7) is 3.86. The first-order chi connectivity index (χ1) is 14.3. The van der Waals surface area contributed by atoms with Crippen molar-refractivity contribution in [1.82, 2.24) is 10.2 Å². The standard InChI is InChI=1S/C24H18N2O4/c1-5-6-7-8-9-10-11-12-13-14-15-16-17-18-23(29)26(4)22(19-27)24(30)25-20(2)21(3)28/h20,22,27H,19H2,1-4H3,(H,25,30)/t20-,22-/m0/s1. The summed E-state index contributed by atoms with van der Waals surface area (Å²) < 4.78 is 0. The number of carbonyl (C=O) groups excluding carboxylic acids is 3. The van der Waals surface area contributed by atoms with Crippen molar-refractivity contribution >= 4 is 17.6 Å². The second kappa shape index (κ2) is 15.5. The Hall–Kier alpha value is -4.51. The first kappa shape index (κ1) is 25.5. The SMILES string of the molecule is CC#CC#CC#CC#CC#CC#CC#CC(=O)N(C)[C@@H](CO)C(=O)N[C@@H](C)C(C)=O. The molecule has 0 aromatic carbocycles. The molecule has 0 heterocycles. The summed E-state index contributed by atoms with van der Waals surface area (Å²) in [6, 6.07) is -1.92. The quantitative estimate of drug-likeness (QED) is 0.579. The average molecular weight is 398 g/mol. The van der Waals surface area contributed by atoms with Crippen LogP contribution in [0.25, 0.3) is 0 Å². The highest BCUT2D eigenvalue weighted by atomic mass is 16.3. The van der Waals surface area contributed by atoms with Gasteiger partial charge in [0.05, 0.1) is 12.6 Å². The molecule has 2 amide bonds. The van der Waals surface area contributed by atoms with Crippen LogP contribution < -0.4 is 5.32 Å². The molecule has 0 bridgehead atoms. The van der Waals surface area contributed by atoms with Crippen molar-refractivity contribution in [3.05, 3.63) is 0 Å². The fourth-order valence-electron chi connectivity index (χ4n) is 1.48. The number of carbonyl (C=O) groups is 3. The normalized spacial score (nSPS) is 9.23. The number of hydrogen-bond acceptors (Lipinski definition) is 4. The maximum atomic E-state index is 12.1. The van der Waals surface area contributed by atoms with Crippen LogP contribution in [0.4, 0.5) is 0 Å². The molecule has 0 aliphatic rings. The van der Waals surface area contributed by atoms with E-state index in [0.717, 1.165) is 4.90 Å². The number of likely N-dealkylation sites (N-methyl/N-ethyl adjacent to an activating group) is 1. The Balaban J connectivity index is 4.86. The zero-order chi connectivity index (χ0) is 22.8. The number of amides is 2. The summed E-state index contributed by atoms with van der Waals surface area (Å²) in [7, 11) is 1.30. The number of hydrogen-bond donors (Lipinski definition) is 2. The summed E-state index contributed by atoms with van der Waals surface area (Å²) >= 11 is 0. The smallest absolute Gasteiger partial charge is 0.299 e. The van der Waals surface area contributed by atoms with Crippen molar-refractivity contribution in [3.8, 4) is 82.9 Å². The summed E-state index contributed by atoms with van der Waals surface area (Å²) in [5.74, 6) is 32.4. The van der Waals surface area contributed by atoms with Crippen LogP contribution in [0, 0.1) is 82.9 Å². The average Bonchev–Trinajstić information content (AvgIpc) is 2.71. The third kappa shape index (κ3) is 11.3. The number of ketones is 1. The van der Waals surface area contributed by atoms with Crippen molar-refractivity contribution in [2.75, 3.05) is 13.7 Å². The largest absolute Gasteiger partial charge is 0.394 e. The first-order valence-electron chi connectivity index (χ1n) is 8.46. The maximum Gasteiger partial charge on any atom is 0.299 e. The third-order valence-corrected chi connectivity index (χ3v) is 3.21. The van der Waals surface area contributed by atoms with Crippen LogP contribution >= 0.6 is 0 Å². The zero-order valence-corrected chi connectivity index (χ0v) is 17.0. The number of nitrogens with zero attached hydrogens (tertiary/aromatic N) is 1. The summed E-state index contributed by atoms with van der Waals surface area (Å²) in [5.41, 5.74) is 0. The van der Waals surface area contributed by atoms with Crippen molar-refractivity contribution < 1.29 is 19.5 Å². The molecule has 0 saturated heterocycles. The predicted octanol–water partition coefficient (Wildman–Crippen LogP) is -1.06. The van der Waals surface area contributed by atoms with E-state index in [1.54, 1.807) is 6.92 Å². The van der Waals surface area contributed by atoms with E-state index in [0.29, 0.717) is 0 Å². The molecule has 0 fully saturated rings. The molecule has 2 N–H and O–H groups in total. The number of nitrogens with one attached hydrogen (secondary N) is 1. The van der Waals surface area contributed by atoms with Gasteiger partial charge in [-0.05, 0) is 91.8 Å². The number of aliphatic hydroxyl groups is 1. The molecular formula is C24H18N2O4. The fraction of sp³-hybridized carbons (Fsp3) is 0.292. The topological polar surface area (TPSA) is 86.7 Å². The van der Waals surface area contributed by atoms with Gasteiger partial charge in [0, 0.05) is 13.0 Å². The Bertz CT molecular complexity index is 1120. The lowest BCUT2D eigenvalue weighted by Gasteiger charge is -2.24. The molecule has 148 valence electrons. The first-order valence-corrected chi connectivity index (χ1v) is 8.46. The highest BCUT2D eigenvalue weighted by Crippen LogP contribution is 1.98. The van der Waals surface area contributed by atoms with Crippen LogP contribution in [0.5, 0.6) is 0 Å². The highest BCUT2D eigenvalue weighted by Gasteiger charge is 2.27. The number of rotatable bonds is 5. The Morgan fingerprint density at radius 3 is 1.70 bits per heavy atom. The van der Waals surface area contributed by atoms with E-state index in [1.165, 1.54) is 20.9 Å². The predicted molar refractivity (Wildman–Crippen MR) is 112 cm³/mol. The van der Waals surface area contributed by atoms with E-state index in [-0.39, 0.29) is 5.78 Å². The van der Waals surface area contributed by atoms with Gasteiger partial charge in [-0.2, -0.15) is 0 Å². The Morgan fingerprint density at radius 2 is 1.30 bits per heavy atom. The van der Waals surface area contributed by atoms with Gasteiger partial charge >= 0.3 is 0 Å². The second-order valence-electron chi connectivity index (χ2n) is 5.33. The van der Waals surface area contributed by atoms with Gasteiger partial charge in [-0.1, -0.05) is 5.92 Å².